The van der Waals surface area contributed by atoms with Crippen LogP contribution in [0.25, 0.3) is 0 Å². The monoisotopic (exact) mass is 265 g/mol. The van der Waals surface area contributed by atoms with E-state index >= 15 is 0 Å². The maximum absolute atomic E-state index is 6.48. The predicted octanol–water partition coefficient (Wildman–Crippen LogP) is 4.62. The highest BCUT2D eigenvalue weighted by Crippen LogP contribution is 2.51. The highest BCUT2D eigenvalue weighted by atomic mass is 35.5. The average Bonchev–Trinajstić information content (AvgIpc) is 3.13. The topological polar surface area (TPSA) is 26.0 Å². The van der Waals surface area contributed by atoms with E-state index < -0.39 is 0 Å². The van der Waals surface area contributed by atoms with Gasteiger partial charge in [0.15, 0.2) is 0 Å². The van der Waals surface area contributed by atoms with E-state index in [-0.39, 0.29) is 11.5 Å². The summed E-state index contributed by atoms with van der Waals surface area (Å²) in [5.41, 5.74) is 8.95. The molecule has 100 valence electrons. The summed E-state index contributed by atoms with van der Waals surface area (Å²) in [5, 5.41) is 0.924. The number of halogens is 1. The highest BCUT2D eigenvalue weighted by molar-refractivity contribution is 6.31. The van der Waals surface area contributed by atoms with Crippen molar-refractivity contribution in [3.8, 4) is 0 Å². The Labute approximate surface area is 116 Å². The molecule has 1 aromatic carbocycles. The lowest BCUT2D eigenvalue weighted by Gasteiger charge is -2.22. The second-order valence-corrected chi connectivity index (χ2v) is 6.10. The quantitative estimate of drug-likeness (QED) is 0.826. The smallest absolute Gasteiger partial charge is 0.0443 e. The first-order chi connectivity index (χ1) is 8.55. The van der Waals surface area contributed by atoms with Crippen LogP contribution in [-0.4, -0.2) is 6.04 Å². The number of nitrogens with two attached hydrogens (primary N) is 1. The van der Waals surface area contributed by atoms with Crippen molar-refractivity contribution in [3.05, 3.63) is 34.3 Å². The van der Waals surface area contributed by atoms with Gasteiger partial charge in [0.1, 0.15) is 0 Å². The van der Waals surface area contributed by atoms with Crippen molar-refractivity contribution in [2.24, 2.45) is 5.73 Å². The van der Waals surface area contributed by atoms with E-state index in [2.05, 4.69) is 39.0 Å². The summed E-state index contributed by atoms with van der Waals surface area (Å²) in [6, 6.07) is 6.84. The molecule has 1 nitrogen and oxygen atoms in total. The molecule has 0 aromatic heterocycles. The third kappa shape index (κ3) is 2.31. The van der Waals surface area contributed by atoms with Crippen molar-refractivity contribution in [3.63, 3.8) is 0 Å². The summed E-state index contributed by atoms with van der Waals surface area (Å²) in [5.74, 6) is 0.581. The zero-order valence-electron chi connectivity index (χ0n) is 11.7. The normalized spacial score (nSPS) is 19.0. The number of hydrogen-bond acceptors (Lipinski definition) is 1. The Morgan fingerprint density at radius 3 is 2.28 bits per heavy atom. The first-order valence-electron chi connectivity index (χ1n) is 7.10. The molecule has 0 heterocycles. The van der Waals surface area contributed by atoms with Crippen LogP contribution in [0.5, 0.6) is 0 Å². The molecule has 0 saturated heterocycles. The van der Waals surface area contributed by atoms with E-state index in [1.54, 1.807) is 0 Å². The summed E-state index contributed by atoms with van der Waals surface area (Å²) < 4.78 is 0. The summed E-state index contributed by atoms with van der Waals surface area (Å²) >= 11 is 6.48. The van der Waals surface area contributed by atoms with E-state index in [0.717, 1.165) is 17.9 Å². The molecular formula is C16H24ClN. The fraction of sp³-hybridized carbons (Fsp3) is 0.625. The van der Waals surface area contributed by atoms with Gasteiger partial charge in [-0.25, -0.2) is 0 Å². The molecule has 1 unspecified atom stereocenters. The maximum atomic E-state index is 6.48. The van der Waals surface area contributed by atoms with E-state index in [1.165, 1.54) is 24.0 Å². The van der Waals surface area contributed by atoms with Gasteiger partial charge in [0.25, 0.3) is 0 Å². The number of rotatable bonds is 5. The Morgan fingerprint density at radius 2 is 1.89 bits per heavy atom. The molecule has 2 rings (SSSR count). The van der Waals surface area contributed by atoms with Crippen LogP contribution in [0.3, 0.4) is 0 Å². The van der Waals surface area contributed by atoms with E-state index in [9.17, 15) is 0 Å². The van der Waals surface area contributed by atoms with Crippen LogP contribution in [0.4, 0.5) is 0 Å². The van der Waals surface area contributed by atoms with Crippen molar-refractivity contribution in [2.45, 2.75) is 63.8 Å². The molecule has 1 fully saturated rings. The maximum Gasteiger partial charge on any atom is 0.0443 e. The third-order valence-corrected chi connectivity index (χ3v) is 4.99. The number of benzene rings is 1. The summed E-state index contributed by atoms with van der Waals surface area (Å²) in [6.45, 7) is 6.56. The molecule has 0 bridgehead atoms. The molecule has 2 N–H and O–H groups in total. The van der Waals surface area contributed by atoms with Crippen molar-refractivity contribution in [2.75, 3.05) is 0 Å². The summed E-state index contributed by atoms with van der Waals surface area (Å²) in [7, 11) is 0. The van der Waals surface area contributed by atoms with Crippen LogP contribution in [0, 0.1) is 0 Å². The van der Waals surface area contributed by atoms with Gasteiger partial charge in [-0.2, -0.15) is 0 Å². The van der Waals surface area contributed by atoms with Crippen molar-refractivity contribution < 1.29 is 0 Å². The van der Waals surface area contributed by atoms with Gasteiger partial charge >= 0.3 is 0 Å². The Bertz CT molecular complexity index is 417. The lowest BCUT2D eigenvalue weighted by Crippen LogP contribution is -2.31. The SMILES string of the molecule is CCC(CC)c1ccc(C2(C(C)N)CC2)cc1Cl. The zero-order valence-corrected chi connectivity index (χ0v) is 12.4. The highest BCUT2D eigenvalue weighted by Gasteiger charge is 2.47. The lowest BCUT2D eigenvalue weighted by molar-refractivity contribution is 0.556. The second-order valence-electron chi connectivity index (χ2n) is 5.69. The molecule has 0 amide bonds. The molecular weight excluding hydrogens is 242 g/mol. The summed E-state index contributed by atoms with van der Waals surface area (Å²) in [6.07, 6.45) is 4.69. The van der Waals surface area contributed by atoms with Crippen LogP contribution in [-0.2, 0) is 5.41 Å². The fourth-order valence-electron chi connectivity index (χ4n) is 3.04. The second kappa shape index (κ2) is 5.22. The molecule has 1 atom stereocenters. The molecule has 1 aromatic rings. The standard InChI is InChI=1S/C16H24ClN/c1-4-12(5-2)14-7-6-13(10-15(14)17)16(8-9-16)11(3)18/h6-7,10-12H,4-5,8-9,18H2,1-3H3. The van der Waals surface area contributed by atoms with E-state index in [1.807, 2.05) is 0 Å². The van der Waals surface area contributed by atoms with Gasteiger partial charge < -0.3 is 5.73 Å². The van der Waals surface area contributed by atoms with Gasteiger partial charge in [-0.1, -0.05) is 37.6 Å². The lowest BCUT2D eigenvalue weighted by atomic mass is 9.86. The van der Waals surface area contributed by atoms with Crippen molar-refractivity contribution >= 4 is 11.6 Å². The molecule has 1 saturated carbocycles. The van der Waals surface area contributed by atoms with Crippen molar-refractivity contribution in [1.29, 1.82) is 0 Å². The Balaban J connectivity index is 2.31. The van der Waals surface area contributed by atoms with Gasteiger partial charge in [-0.3, -0.25) is 0 Å². The first kappa shape index (κ1) is 13.9. The zero-order chi connectivity index (χ0) is 13.3. The molecule has 1 aliphatic carbocycles. The van der Waals surface area contributed by atoms with Crippen LogP contribution >= 0.6 is 11.6 Å². The molecule has 2 heteroatoms. The van der Waals surface area contributed by atoms with Gasteiger partial charge in [0.05, 0.1) is 0 Å². The molecule has 1 aliphatic rings. The summed E-state index contributed by atoms with van der Waals surface area (Å²) in [4.78, 5) is 0. The van der Waals surface area contributed by atoms with Crippen molar-refractivity contribution in [1.82, 2.24) is 0 Å². The largest absolute Gasteiger partial charge is 0.327 e. The third-order valence-electron chi connectivity index (χ3n) is 4.66. The number of hydrogen-bond donors (Lipinski definition) is 1. The van der Waals surface area contributed by atoms with Gasteiger partial charge in [-0.15, -0.1) is 0 Å². The van der Waals surface area contributed by atoms with Gasteiger partial charge in [-0.05, 0) is 55.7 Å². The predicted molar refractivity (Wildman–Crippen MR) is 79.3 cm³/mol. The van der Waals surface area contributed by atoms with E-state index in [0.29, 0.717) is 5.92 Å². The minimum Gasteiger partial charge on any atom is -0.327 e. The fourth-order valence-corrected chi connectivity index (χ4v) is 3.37. The van der Waals surface area contributed by atoms with Crippen LogP contribution in [0.15, 0.2) is 18.2 Å². The van der Waals surface area contributed by atoms with Crippen LogP contribution in [0.1, 0.15) is 63.5 Å². The molecule has 18 heavy (non-hydrogen) atoms. The first-order valence-corrected chi connectivity index (χ1v) is 7.48. The van der Waals surface area contributed by atoms with E-state index in [4.69, 9.17) is 17.3 Å². The Kier molecular flexibility index (Phi) is 4.03. The van der Waals surface area contributed by atoms with Gasteiger partial charge in [0, 0.05) is 16.5 Å². The Hall–Kier alpha value is -0.530. The molecule has 0 radical (unpaired) electrons. The minimum atomic E-state index is 0.204. The van der Waals surface area contributed by atoms with Crippen LogP contribution < -0.4 is 5.73 Å². The molecule has 0 spiro atoms. The minimum absolute atomic E-state index is 0.204. The Morgan fingerprint density at radius 1 is 1.28 bits per heavy atom. The van der Waals surface area contributed by atoms with Crippen LogP contribution in [0.2, 0.25) is 5.02 Å². The molecule has 0 aliphatic heterocycles. The van der Waals surface area contributed by atoms with Gasteiger partial charge in [0.2, 0.25) is 0 Å². The average molecular weight is 266 g/mol.